The predicted octanol–water partition coefficient (Wildman–Crippen LogP) is -0.104. The molecule has 0 spiro atoms. The van der Waals surface area contributed by atoms with E-state index in [-0.39, 0.29) is 14.8 Å². The number of rotatable bonds is 3. The molecule has 9 heteroatoms. The van der Waals surface area contributed by atoms with Crippen LogP contribution < -0.4 is 10.7 Å². The Labute approximate surface area is 98.3 Å². The van der Waals surface area contributed by atoms with E-state index in [4.69, 9.17) is 17.4 Å². The molecule has 90 valence electrons. The Hall–Kier alpha value is -0.670. The van der Waals surface area contributed by atoms with Crippen molar-refractivity contribution < 1.29 is 16.8 Å². The van der Waals surface area contributed by atoms with Crippen molar-refractivity contribution in [2.24, 2.45) is 5.84 Å². The lowest BCUT2D eigenvalue weighted by Crippen LogP contribution is -2.30. The maximum atomic E-state index is 11.4. The van der Waals surface area contributed by atoms with Crippen LogP contribution in [0.15, 0.2) is 28.0 Å². The largest absolute Gasteiger partial charge is 0.257 e. The molecule has 0 atom stereocenters. The van der Waals surface area contributed by atoms with Gasteiger partial charge in [-0.25, -0.2) is 16.8 Å². The quantitative estimate of drug-likeness (QED) is 0.595. The van der Waals surface area contributed by atoms with E-state index in [1.165, 1.54) is 12.1 Å². The highest BCUT2D eigenvalue weighted by molar-refractivity contribution is 7.91. The average molecular weight is 285 g/mol. The Morgan fingerprint density at radius 1 is 1.25 bits per heavy atom. The molecule has 0 fully saturated rings. The number of nitrogens with one attached hydrogen (secondary N) is 1. The fourth-order valence-electron chi connectivity index (χ4n) is 0.984. The summed E-state index contributed by atoms with van der Waals surface area (Å²) in [6.45, 7) is 0. The number of sulfonamides is 1. The van der Waals surface area contributed by atoms with E-state index in [0.717, 1.165) is 12.3 Å². The summed E-state index contributed by atoms with van der Waals surface area (Å²) in [4.78, 5) is 1.05. The molecule has 1 aromatic carbocycles. The highest BCUT2D eigenvalue weighted by Gasteiger charge is 2.19. The fraction of sp³-hybridized carbons (Fsp3) is 0.143. The van der Waals surface area contributed by atoms with E-state index in [1.54, 1.807) is 4.83 Å². The highest BCUT2D eigenvalue weighted by atomic mass is 35.5. The third kappa shape index (κ3) is 2.71. The molecule has 0 amide bonds. The van der Waals surface area contributed by atoms with Crippen molar-refractivity contribution in [2.75, 3.05) is 6.26 Å². The summed E-state index contributed by atoms with van der Waals surface area (Å²) < 4.78 is 45.2. The van der Waals surface area contributed by atoms with Crippen molar-refractivity contribution in [3.05, 3.63) is 23.2 Å². The Balaban J connectivity index is 3.54. The van der Waals surface area contributed by atoms with Gasteiger partial charge in [-0.05, 0) is 18.2 Å². The molecule has 1 rings (SSSR count). The first-order chi connectivity index (χ1) is 7.18. The summed E-state index contributed by atoms with van der Waals surface area (Å²) in [7, 11) is -7.48. The molecule has 0 bridgehead atoms. The lowest BCUT2D eigenvalue weighted by Gasteiger charge is -2.06. The monoisotopic (exact) mass is 284 g/mol. The molecular formula is C7H9ClN2O4S2. The van der Waals surface area contributed by atoms with Crippen molar-refractivity contribution in [2.45, 2.75) is 9.79 Å². The zero-order chi connectivity index (χ0) is 12.6. The van der Waals surface area contributed by atoms with Crippen LogP contribution in [0.1, 0.15) is 0 Å². The van der Waals surface area contributed by atoms with E-state index < -0.39 is 19.9 Å². The van der Waals surface area contributed by atoms with Gasteiger partial charge >= 0.3 is 0 Å². The van der Waals surface area contributed by atoms with Crippen LogP contribution in [0.3, 0.4) is 0 Å². The Morgan fingerprint density at radius 3 is 2.25 bits per heavy atom. The van der Waals surface area contributed by atoms with Crippen LogP contribution in [0.5, 0.6) is 0 Å². The van der Waals surface area contributed by atoms with Crippen LogP contribution >= 0.6 is 11.6 Å². The minimum atomic E-state index is -3.98. The third-order valence-electron chi connectivity index (χ3n) is 1.78. The molecule has 3 N–H and O–H groups in total. The van der Waals surface area contributed by atoms with Crippen LogP contribution in [0.2, 0.25) is 5.02 Å². The van der Waals surface area contributed by atoms with Gasteiger partial charge in [-0.3, -0.25) is 5.84 Å². The molecule has 0 saturated heterocycles. The third-order valence-corrected chi connectivity index (χ3v) is 4.55. The van der Waals surface area contributed by atoms with E-state index in [1.807, 2.05) is 0 Å². The van der Waals surface area contributed by atoms with Gasteiger partial charge in [-0.2, -0.15) is 4.83 Å². The smallest absolute Gasteiger partial charge is 0.254 e. The summed E-state index contributed by atoms with van der Waals surface area (Å²) in [6.07, 6.45) is 0.961. The normalized spacial score (nSPS) is 12.7. The first kappa shape index (κ1) is 13.4. The number of hydrogen-bond donors (Lipinski definition) is 2. The van der Waals surface area contributed by atoms with E-state index >= 15 is 0 Å². The van der Waals surface area contributed by atoms with E-state index in [9.17, 15) is 16.8 Å². The van der Waals surface area contributed by atoms with Crippen molar-refractivity contribution in [1.82, 2.24) is 4.83 Å². The van der Waals surface area contributed by atoms with Crippen LogP contribution in [0.4, 0.5) is 0 Å². The predicted molar refractivity (Wildman–Crippen MR) is 59.1 cm³/mol. The SMILES string of the molecule is CS(=O)(=O)c1ccc(Cl)c(S(=O)(=O)NN)c1. The number of benzene rings is 1. The zero-order valence-corrected chi connectivity index (χ0v) is 10.5. The van der Waals surface area contributed by atoms with Crippen LogP contribution in [0.25, 0.3) is 0 Å². The van der Waals surface area contributed by atoms with Crippen molar-refractivity contribution in [3.8, 4) is 0 Å². The van der Waals surface area contributed by atoms with Crippen molar-refractivity contribution >= 4 is 31.5 Å². The Kier molecular flexibility index (Phi) is 3.60. The van der Waals surface area contributed by atoms with Gasteiger partial charge < -0.3 is 0 Å². The van der Waals surface area contributed by atoms with Gasteiger partial charge in [0, 0.05) is 6.26 Å². The molecule has 0 radical (unpaired) electrons. The van der Waals surface area contributed by atoms with Gasteiger partial charge in [0.05, 0.1) is 9.92 Å². The highest BCUT2D eigenvalue weighted by Crippen LogP contribution is 2.24. The molecule has 6 nitrogen and oxygen atoms in total. The standard InChI is InChI=1S/C7H9ClN2O4S2/c1-15(11,12)5-2-3-6(8)7(4-5)16(13,14)10-9/h2-4,10H,9H2,1H3. The maximum absolute atomic E-state index is 11.4. The van der Waals surface area contributed by atoms with Gasteiger partial charge in [-0.15, -0.1) is 0 Å². The Morgan fingerprint density at radius 2 is 1.81 bits per heavy atom. The molecule has 0 aromatic heterocycles. The number of sulfone groups is 1. The second-order valence-electron chi connectivity index (χ2n) is 2.99. The maximum Gasteiger partial charge on any atom is 0.254 e. The van der Waals surface area contributed by atoms with Crippen molar-refractivity contribution in [3.63, 3.8) is 0 Å². The molecule has 16 heavy (non-hydrogen) atoms. The summed E-state index contributed by atoms with van der Waals surface area (Å²) in [5.74, 6) is 4.82. The van der Waals surface area contributed by atoms with Crippen molar-refractivity contribution in [1.29, 1.82) is 0 Å². The second-order valence-corrected chi connectivity index (χ2v) is 7.09. The second kappa shape index (κ2) is 4.30. The van der Waals surface area contributed by atoms with Gasteiger partial charge in [-0.1, -0.05) is 11.6 Å². The summed E-state index contributed by atoms with van der Waals surface area (Å²) in [5, 5.41) is -0.106. The first-order valence-corrected chi connectivity index (χ1v) is 7.66. The van der Waals surface area contributed by atoms with Gasteiger partial charge in [0.25, 0.3) is 10.0 Å². The molecule has 0 aliphatic carbocycles. The minimum Gasteiger partial charge on any atom is -0.257 e. The van der Waals surface area contributed by atoms with Gasteiger partial charge in [0.15, 0.2) is 9.84 Å². The number of nitrogens with two attached hydrogens (primary N) is 1. The first-order valence-electron chi connectivity index (χ1n) is 3.90. The summed E-state index contributed by atoms with van der Waals surface area (Å²) in [5.41, 5.74) is 0. The zero-order valence-electron chi connectivity index (χ0n) is 8.14. The molecule has 0 heterocycles. The van der Waals surface area contributed by atoms with E-state index in [0.29, 0.717) is 0 Å². The number of hydrazine groups is 1. The molecule has 0 unspecified atom stereocenters. The van der Waals surface area contributed by atoms with Crippen LogP contribution in [-0.4, -0.2) is 23.1 Å². The molecule has 0 saturated carbocycles. The molecule has 1 aromatic rings. The average Bonchev–Trinajstić information content (AvgIpc) is 2.16. The number of halogens is 1. The Bertz CT molecular complexity index is 609. The van der Waals surface area contributed by atoms with Crippen LogP contribution in [0, 0.1) is 0 Å². The summed E-state index contributed by atoms with van der Waals surface area (Å²) >= 11 is 5.64. The fourth-order valence-corrected chi connectivity index (χ4v) is 2.86. The molecule has 0 aliphatic rings. The topological polar surface area (TPSA) is 106 Å². The summed E-state index contributed by atoms with van der Waals surface area (Å²) in [6, 6.07) is 3.35. The lowest BCUT2D eigenvalue weighted by molar-refractivity contribution is 0.584. The van der Waals surface area contributed by atoms with Gasteiger partial charge in [0.2, 0.25) is 0 Å². The molecular weight excluding hydrogens is 276 g/mol. The molecule has 0 aliphatic heterocycles. The minimum absolute atomic E-state index is 0.106. The van der Waals surface area contributed by atoms with Crippen LogP contribution in [-0.2, 0) is 19.9 Å². The number of hydrogen-bond acceptors (Lipinski definition) is 5. The lowest BCUT2D eigenvalue weighted by atomic mass is 10.4. The van der Waals surface area contributed by atoms with E-state index in [2.05, 4.69) is 0 Å². The van der Waals surface area contributed by atoms with Gasteiger partial charge in [0.1, 0.15) is 4.90 Å².